The molecular formula is C31H26N4O2S. The number of hydrazone groups is 1. The molecule has 0 unspecified atom stereocenters. The van der Waals surface area contributed by atoms with E-state index in [-0.39, 0.29) is 11.5 Å². The molecule has 4 aromatic rings. The molecule has 0 saturated carbocycles. The zero-order chi connectivity index (χ0) is 26.4. The van der Waals surface area contributed by atoms with Gasteiger partial charge in [-0.2, -0.15) is 10.1 Å². The van der Waals surface area contributed by atoms with E-state index in [2.05, 4.69) is 48.1 Å². The summed E-state index contributed by atoms with van der Waals surface area (Å²) in [6, 6.07) is 25.2. The number of nitrogens with zero attached hydrogens (tertiary/aromatic N) is 4. The number of para-hydroxylation sites is 2. The van der Waals surface area contributed by atoms with E-state index in [0.29, 0.717) is 38.4 Å². The Hall–Kier alpha value is -4.49. The number of aromatic nitrogens is 1. The molecule has 0 N–H and O–H groups in total. The zero-order valence-corrected chi connectivity index (χ0v) is 22.2. The van der Waals surface area contributed by atoms with Crippen molar-refractivity contribution in [2.75, 3.05) is 16.5 Å². The number of aryl methyl sites for hydroxylation is 1. The van der Waals surface area contributed by atoms with Gasteiger partial charge in [0.25, 0.3) is 11.5 Å². The van der Waals surface area contributed by atoms with Gasteiger partial charge >= 0.3 is 0 Å². The van der Waals surface area contributed by atoms with Crippen molar-refractivity contribution in [3.63, 3.8) is 0 Å². The second kappa shape index (κ2) is 9.43. The number of benzene rings is 3. The van der Waals surface area contributed by atoms with Crippen LogP contribution in [0.1, 0.15) is 25.0 Å². The molecule has 38 heavy (non-hydrogen) atoms. The van der Waals surface area contributed by atoms with Gasteiger partial charge in [0.05, 0.1) is 28.4 Å². The summed E-state index contributed by atoms with van der Waals surface area (Å²) >= 11 is 1.34. The van der Waals surface area contributed by atoms with Crippen molar-refractivity contribution in [1.29, 1.82) is 0 Å². The molecule has 6 rings (SSSR count). The van der Waals surface area contributed by atoms with Gasteiger partial charge in [-0.05, 0) is 68.8 Å². The summed E-state index contributed by atoms with van der Waals surface area (Å²) in [4.78, 5) is 30.1. The van der Waals surface area contributed by atoms with Crippen LogP contribution in [0.25, 0.3) is 23.0 Å². The third-order valence-corrected chi connectivity index (χ3v) is 7.95. The van der Waals surface area contributed by atoms with Crippen LogP contribution in [-0.4, -0.2) is 22.7 Å². The number of thiazole rings is 1. The molecule has 0 atom stereocenters. The number of likely N-dealkylation sites (N-methyl/N-ethyl adjacent to an activating group) is 1. The Labute approximate surface area is 224 Å². The molecule has 7 heteroatoms. The second-order valence-electron chi connectivity index (χ2n) is 9.25. The summed E-state index contributed by atoms with van der Waals surface area (Å²) in [6.07, 6.45) is 4.07. The summed E-state index contributed by atoms with van der Waals surface area (Å²) in [7, 11) is 0. The van der Waals surface area contributed by atoms with Crippen molar-refractivity contribution >= 4 is 51.7 Å². The van der Waals surface area contributed by atoms with Gasteiger partial charge in [-0.3, -0.25) is 14.2 Å². The van der Waals surface area contributed by atoms with Gasteiger partial charge in [-0.25, -0.2) is 0 Å². The fourth-order valence-corrected chi connectivity index (χ4v) is 6.26. The van der Waals surface area contributed by atoms with Gasteiger partial charge < -0.3 is 4.90 Å². The van der Waals surface area contributed by atoms with Crippen LogP contribution in [0.2, 0.25) is 0 Å². The summed E-state index contributed by atoms with van der Waals surface area (Å²) in [5.74, 6) is -0.247. The topological polar surface area (TPSA) is 57.9 Å². The van der Waals surface area contributed by atoms with Gasteiger partial charge in [0.15, 0.2) is 0 Å². The first-order valence-electron chi connectivity index (χ1n) is 12.5. The first-order chi connectivity index (χ1) is 18.5. The van der Waals surface area contributed by atoms with Crippen LogP contribution in [0.4, 0.5) is 11.4 Å². The van der Waals surface area contributed by atoms with Gasteiger partial charge in [0.1, 0.15) is 9.20 Å². The van der Waals surface area contributed by atoms with E-state index in [1.807, 2.05) is 73.7 Å². The number of carbonyl (C=O) groups is 1. The van der Waals surface area contributed by atoms with Crippen LogP contribution in [0.3, 0.4) is 0 Å². The highest BCUT2D eigenvalue weighted by atomic mass is 32.1. The number of rotatable bonds is 3. The lowest BCUT2D eigenvalue weighted by molar-refractivity contribution is -0.112. The molecule has 0 radical (unpaired) electrons. The normalized spacial score (nSPS) is 17.7. The van der Waals surface area contributed by atoms with Crippen LogP contribution in [0.15, 0.2) is 94.8 Å². The average molecular weight is 519 g/mol. The molecule has 3 heterocycles. The van der Waals surface area contributed by atoms with Crippen molar-refractivity contribution in [3.8, 4) is 5.69 Å². The van der Waals surface area contributed by atoms with E-state index in [0.717, 1.165) is 16.9 Å². The van der Waals surface area contributed by atoms with Crippen molar-refractivity contribution in [3.05, 3.63) is 116 Å². The number of amides is 1. The Bertz CT molecular complexity index is 1820. The predicted molar refractivity (Wildman–Crippen MR) is 156 cm³/mol. The molecule has 188 valence electrons. The number of fused-ring (bicyclic) bond motifs is 1. The zero-order valence-electron chi connectivity index (χ0n) is 21.4. The highest BCUT2D eigenvalue weighted by Gasteiger charge is 2.32. The maximum atomic E-state index is 14.2. The Kier molecular flexibility index (Phi) is 5.93. The second-order valence-corrected chi connectivity index (χ2v) is 10.2. The first kappa shape index (κ1) is 23.9. The highest BCUT2D eigenvalue weighted by Crippen LogP contribution is 2.31. The fraction of sp³-hybridized carbons (Fsp3) is 0.129. The standard InChI is InChI=1S/C31H26N4O2S/c1-4-33-25-17-15-20(2)19-22(25)16-18-26(33)28-30(37)34(23-11-7-5-8-12-23)31(38-28)27-21(3)32-35(29(27)36)24-13-9-6-10-14-24/h5-19H,4H2,1-3H3. The Morgan fingerprint density at radius 3 is 2.21 bits per heavy atom. The monoisotopic (exact) mass is 518 g/mol. The van der Waals surface area contributed by atoms with Crippen molar-refractivity contribution in [1.82, 2.24) is 4.57 Å². The third-order valence-electron chi connectivity index (χ3n) is 6.78. The van der Waals surface area contributed by atoms with Crippen molar-refractivity contribution in [2.24, 2.45) is 5.10 Å². The lowest BCUT2D eigenvalue weighted by Gasteiger charge is -2.29. The number of anilines is 2. The van der Waals surface area contributed by atoms with Crippen LogP contribution in [-0.2, 0) is 4.79 Å². The minimum absolute atomic E-state index is 0.156. The summed E-state index contributed by atoms with van der Waals surface area (Å²) in [5.41, 5.74) is 6.45. The average Bonchev–Trinajstić information content (AvgIpc) is 3.43. The maximum Gasteiger partial charge on any atom is 0.283 e. The van der Waals surface area contributed by atoms with Crippen LogP contribution < -0.4 is 24.7 Å². The SMILES string of the molecule is CCN1C(=c2sc(=C3C(=O)N(c4ccccc4)N=C3C)n(-c3ccccc3)c2=O)C=Cc2cc(C)ccc21. The summed E-state index contributed by atoms with van der Waals surface area (Å²) in [5, 5.41) is 5.99. The molecule has 2 aliphatic heterocycles. The van der Waals surface area contributed by atoms with E-state index in [1.165, 1.54) is 21.9 Å². The Balaban J connectivity index is 1.66. The van der Waals surface area contributed by atoms with E-state index >= 15 is 0 Å². The molecular weight excluding hydrogens is 492 g/mol. The molecule has 3 aromatic carbocycles. The number of carbonyl (C=O) groups excluding carboxylic acids is 1. The van der Waals surface area contributed by atoms with Crippen molar-refractivity contribution < 1.29 is 4.79 Å². The van der Waals surface area contributed by atoms with E-state index in [1.54, 1.807) is 4.57 Å². The van der Waals surface area contributed by atoms with Crippen LogP contribution in [0, 0.1) is 6.92 Å². The molecule has 0 fully saturated rings. The van der Waals surface area contributed by atoms with Gasteiger partial charge in [0.2, 0.25) is 0 Å². The van der Waals surface area contributed by atoms with Gasteiger partial charge in [-0.1, -0.05) is 54.1 Å². The minimum atomic E-state index is -0.247. The predicted octanol–water partition coefficient (Wildman–Crippen LogP) is 4.44. The fourth-order valence-electron chi connectivity index (χ4n) is 4.99. The lowest BCUT2D eigenvalue weighted by atomic mass is 10.0. The quantitative estimate of drug-likeness (QED) is 0.403. The van der Waals surface area contributed by atoms with E-state index < -0.39 is 0 Å². The molecule has 1 amide bonds. The molecule has 0 saturated heterocycles. The summed E-state index contributed by atoms with van der Waals surface area (Å²) < 4.78 is 2.81. The molecule has 1 aromatic heterocycles. The smallest absolute Gasteiger partial charge is 0.283 e. The van der Waals surface area contributed by atoms with Gasteiger partial charge in [0, 0.05) is 12.2 Å². The molecule has 0 bridgehead atoms. The number of hydrogen-bond donors (Lipinski definition) is 0. The largest absolute Gasteiger partial charge is 0.340 e. The first-order valence-corrected chi connectivity index (χ1v) is 13.4. The maximum absolute atomic E-state index is 14.2. The molecule has 2 aliphatic rings. The lowest BCUT2D eigenvalue weighted by Crippen LogP contribution is -2.36. The van der Waals surface area contributed by atoms with Crippen LogP contribution >= 0.6 is 11.3 Å². The van der Waals surface area contributed by atoms with E-state index in [9.17, 15) is 9.59 Å². The summed E-state index contributed by atoms with van der Waals surface area (Å²) in [6.45, 7) is 6.68. The van der Waals surface area contributed by atoms with Crippen molar-refractivity contribution in [2.45, 2.75) is 20.8 Å². The molecule has 0 spiro atoms. The van der Waals surface area contributed by atoms with E-state index in [4.69, 9.17) is 0 Å². The van der Waals surface area contributed by atoms with Gasteiger partial charge in [-0.15, -0.1) is 11.3 Å². The Morgan fingerprint density at radius 2 is 1.53 bits per heavy atom. The Morgan fingerprint density at radius 1 is 0.842 bits per heavy atom. The third kappa shape index (κ3) is 3.83. The molecule has 0 aliphatic carbocycles. The number of hydrogen-bond acceptors (Lipinski definition) is 5. The van der Waals surface area contributed by atoms with Crippen LogP contribution in [0.5, 0.6) is 0 Å². The molecule has 6 nitrogen and oxygen atoms in total. The highest BCUT2D eigenvalue weighted by molar-refractivity contribution is 7.08. The minimum Gasteiger partial charge on any atom is -0.340 e.